The maximum atomic E-state index is 12.3. The molecule has 0 saturated carbocycles. The van der Waals surface area contributed by atoms with Gasteiger partial charge in [0.2, 0.25) is 0 Å². The average Bonchev–Trinajstić information content (AvgIpc) is 2.74. The maximum absolute atomic E-state index is 12.3. The lowest BCUT2D eigenvalue weighted by Gasteiger charge is -2.12. The Bertz CT molecular complexity index is 697. The van der Waals surface area contributed by atoms with Crippen molar-refractivity contribution in [3.05, 3.63) is 34.0 Å². The molecular formula is C14H19N3O3. The molecule has 0 aromatic carbocycles. The van der Waals surface area contributed by atoms with E-state index in [9.17, 15) is 9.59 Å². The minimum absolute atomic E-state index is 0.137. The third-order valence-corrected chi connectivity index (χ3v) is 2.98. The molecule has 0 aliphatic rings. The molecule has 0 fully saturated rings. The molecule has 0 atom stereocenters. The molecule has 2 heterocycles. The van der Waals surface area contributed by atoms with E-state index in [4.69, 9.17) is 4.74 Å². The van der Waals surface area contributed by atoms with Gasteiger partial charge >= 0.3 is 5.97 Å². The molecule has 0 aliphatic carbocycles. The average molecular weight is 277 g/mol. The Morgan fingerprint density at radius 1 is 1.45 bits per heavy atom. The van der Waals surface area contributed by atoms with Crippen LogP contribution in [0.15, 0.2) is 17.1 Å². The van der Waals surface area contributed by atoms with E-state index >= 15 is 0 Å². The first-order chi connectivity index (χ1) is 9.43. The second-order valence-corrected chi connectivity index (χ2v) is 5.05. The smallest absolute Gasteiger partial charge is 0.327 e. The minimum Gasteiger partial charge on any atom is -0.465 e. The van der Waals surface area contributed by atoms with E-state index in [-0.39, 0.29) is 24.6 Å². The standard InChI is InChI=1S/C14H19N3O3/c1-5-20-12(18)8-17-14(19)11-6-10(4)7-16(11)13(15-17)9(2)3/h6-7,9H,5,8H2,1-4H3. The van der Waals surface area contributed by atoms with Crippen molar-refractivity contribution < 1.29 is 9.53 Å². The summed E-state index contributed by atoms with van der Waals surface area (Å²) in [5.74, 6) is 0.430. The molecule has 6 nitrogen and oxygen atoms in total. The summed E-state index contributed by atoms with van der Waals surface area (Å²) >= 11 is 0. The SMILES string of the molecule is CCOC(=O)Cn1nc(C(C)C)n2cc(C)cc2c1=O. The Balaban J connectivity index is 2.58. The van der Waals surface area contributed by atoms with Crippen molar-refractivity contribution in [1.82, 2.24) is 14.2 Å². The number of rotatable bonds is 4. The number of esters is 1. The van der Waals surface area contributed by atoms with E-state index in [2.05, 4.69) is 5.10 Å². The van der Waals surface area contributed by atoms with Crippen LogP contribution in [0.25, 0.3) is 5.52 Å². The van der Waals surface area contributed by atoms with Crippen LogP contribution in [0.2, 0.25) is 0 Å². The van der Waals surface area contributed by atoms with Gasteiger partial charge in [0.05, 0.1) is 6.61 Å². The molecule has 0 bridgehead atoms. The summed E-state index contributed by atoms with van der Waals surface area (Å²) in [7, 11) is 0. The fourth-order valence-corrected chi connectivity index (χ4v) is 2.13. The molecule has 0 unspecified atom stereocenters. The Kier molecular flexibility index (Phi) is 3.92. The topological polar surface area (TPSA) is 65.6 Å². The molecule has 108 valence electrons. The highest BCUT2D eigenvalue weighted by molar-refractivity contribution is 5.69. The van der Waals surface area contributed by atoms with Gasteiger partial charge in [-0.15, -0.1) is 0 Å². The van der Waals surface area contributed by atoms with E-state index in [0.717, 1.165) is 11.4 Å². The molecule has 0 radical (unpaired) electrons. The van der Waals surface area contributed by atoms with Crippen LogP contribution in [0, 0.1) is 6.92 Å². The first-order valence-electron chi connectivity index (χ1n) is 6.69. The van der Waals surface area contributed by atoms with Crippen molar-refractivity contribution in [3.63, 3.8) is 0 Å². The van der Waals surface area contributed by atoms with Crippen molar-refractivity contribution in [2.45, 2.75) is 40.2 Å². The second-order valence-electron chi connectivity index (χ2n) is 5.05. The minimum atomic E-state index is -0.454. The molecule has 0 aliphatic heterocycles. The van der Waals surface area contributed by atoms with Crippen LogP contribution in [-0.2, 0) is 16.1 Å². The van der Waals surface area contributed by atoms with Gasteiger partial charge in [-0.3, -0.25) is 14.0 Å². The number of hydrogen-bond donors (Lipinski definition) is 0. The normalized spacial score (nSPS) is 11.2. The number of ether oxygens (including phenoxy) is 1. The fourth-order valence-electron chi connectivity index (χ4n) is 2.13. The van der Waals surface area contributed by atoms with Crippen LogP contribution in [0.5, 0.6) is 0 Å². The van der Waals surface area contributed by atoms with Gasteiger partial charge < -0.3 is 4.74 Å². The molecule has 2 aromatic rings. The summed E-state index contributed by atoms with van der Waals surface area (Å²) in [6.45, 7) is 7.77. The highest BCUT2D eigenvalue weighted by atomic mass is 16.5. The number of nitrogens with zero attached hydrogens (tertiary/aromatic N) is 3. The summed E-state index contributed by atoms with van der Waals surface area (Å²) in [6, 6.07) is 1.80. The van der Waals surface area contributed by atoms with Gasteiger partial charge in [0.1, 0.15) is 17.9 Å². The van der Waals surface area contributed by atoms with E-state index in [0.29, 0.717) is 5.52 Å². The van der Waals surface area contributed by atoms with Gasteiger partial charge in [0.25, 0.3) is 5.56 Å². The van der Waals surface area contributed by atoms with Gasteiger partial charge in [-0.05, 0) is 25.5 Å². The molecule has 2 aromatic heterocycles. The third kappa shape index (κ3) is 2.59. The Morgan fingerprint density at radius 2 is 2.15 bits per heavy atom. The highest BCUT2D eigenvalue weighted by Crippen LogP contribution is 2.14. The maximum Gasteiger partial charge on any atom is 0.327 e. The van der Waals surface area contributed by atoms with Gasteiger partial charge in [0, 0.05) is 12.1 Å². The highest BCUT2D eigenvalue weighted by Gasteiger charge is 2.15. The summed E-state index contributed by atoms with van der Waals surface area (Å²) < 4.78 is 7.85. The number of hydrogen-bond acceptors (Lipinski definition) is 4. The monoisotopic (exact) mass is 277 g/mol. The van der Waals surface area contributed by atoms with Crippen molar-refractivity contribution >= 4 is 11.5 Å². The molecule has 0 saturated heterocycles. The molecule has 2 rings (SSSR count). The second kappa shape index (κ2) is 5.48. The number of carbonyl (C=O) groups is 1. The zero-order chi connectivity index (χ0) is 14.9. The number of carbonyl (C=O) groups excluding carboxylic acids is 1. The van der Waals surface area contributed by atoms with Gasteiger partial charge in [-0.2, -0.15) is 5.10 Å². The van der Waals surface area contributed by atoms with Crippen LogP contribution in [0.3, 0.4) is 0 Å². The van der Waals surface area contributed by atoms with Crippen LogP contribution < -0.4 is 5.56 Å². The lowest BCUT2D eigenvalue weighted by Crippen LogP contribution is -2.30. The fraction of sp³-hybridized carbons (Fsp3) is 0.500. The molecular weight excluding hydrogens is 258 g/mol. The zero-order valence-electron chi connectivity index (χ0n) is 12.2. The zero-order valence-corrected chi connectivity index (χ0v) is 12.2. The number of aromatic nitrogens is 3. The molecule has 0 amide bonds. The lowest BCUT2D eigenvalue weighted by molar-refractivity contribution is -0.144. The van der Waals surface area contributed by atoms with Crippen LogP contribution in [0.4, 0.5) is 0 Å². The predicted molar refractivity (Wildman–Crippen MR) is 74.9 cm³/mol. The van der Waals surface area contributed by atoms with Crippen LogP contribution in [0.1, 0.15) is 38.1 Å². The summed E-state index contributed by atoms with van der Waals surface area (Å²) in [6.07, 6.45) is 1.88. The van der Waals surface area contributed by atoms with Crippen LogP contribution in [-0.4, -0.2) is 26.8 Å². The Hall–Kier alpha value is -2.11. The van der Waals surface area contributed by atoms with E-state index in [1.165, 1.54) is 4.68 Å². The Labute approximate surface area is 117 Å². The van der Waals surface area contributed by atoms with Crippen molar-refractivity contribution in [2.75, 3.05) is 6.61 Å². The summed E-state index contributed by atoms with van der Waals surface area (Å²) in [5.41, 5.74) is 1.24. The third-order valence-electron chi connectivity index (χ3n) is 2.98. The van der Waals surface area contributed by atoms with E-state index < -0.39 is 5.97 Å². The largest absolute Gasteiger partial charge is 0.465 e. The Morgan fingerprint density at radius 3 is 2.75 bits per heavy atom. The van der Waals surface area contributed by atoms with Gasteiger partial charge in [0.15, 0.2) is 0 Å². The molecule has 0 spiro atoms. The predicted octanol–water partition coefficient (Wildman–Crippen LogP) is 1.49. The summed E-state index contributed by atoms with van der Waals surface area (Å²) in [4.78, 5) is 23.9. The molecule has 20 heavy (non-hydrogen) atoms. The van der Waals surface area contributed by atoms with Crippen molar-refractivity contribution in [1.29, 1.82) is 0 Å². The van der Waals surface area contributed by atoms with E-state index in [1.807, 2.05) is 27.0 Å². The lowest BCUT2D eigenvalue weighted by atomic mass is 10.2. The van der Waals surface area contributed by atoms with E-state index in [1.54, 1.807) is 17.4 Å². The van der Waals surface area contributed by atoms with Gasteiger partial charge in [-0.25, -0.2) is 4.68 Å². The van der Waals surface area contributed by atoms with Crippen molar-refractivity contribution in [3.8, 4) is 0 Å². The van der Waals surface area contributed by atoms with Gasteiger partial charge in [-0.1, -0.05) is 13.8 Å². The van der Waals surface area contributed by atoms with Crippen LogP contribution >= 0.6 is 0 Å². The molecule has 0 N–H and O–H groups in total. The first-order valence-corrected chi connectivity index (χ1v) is 6.69. The first kappa shape index (κ1) is 14.3. The quantitative estimate of drug-likeness (QED) is 0.794. The molecule has 6 heteroatoms. The number of fused-ring (bicyclic) bond motifs is 1. The summed E-state index contributed by atoms with van der Waals surface area (Å²) in [5, 5.41) is 4.30. The number of aryl methyl sites for hydroxylation is 1. The van der Waals surface area contributed by atoms with Crippen molar-refractivity contribution in [2.24, 2.45) is 0 Å².